The van der Waals surface area contributed by atoms with Gasteiger partial charge in [0.05, 0.1) is 6.61 Å². The Labute approximate surface area is 187 Å². The summed E-state index contributed by atoms with van der Waals surface area (Å²) in [5, 5.41) is 6.66. The molecule has 0 aliphatic carbocycles. The molecule has 0 amide bonds. The van der Waals surface area contributed by atoms with Gasteiger partial charge in [-0.05, 0) is 53.6 Å². The van der Waals surface area contributed by atoms with E-state index in [-0.39, 0.29) is 0 Å². The third-order valence-electron chi connectivity index (χ3n) is 4.99. The Morgan fingerprint density at radius 1 is 0.839 bits per heavy atom. The van der Waals surface area contributed by atoms with Crippen LogP contribution in [0, 0.1) is 0 Å². The zero-order chi connectivity index (χ0) is 21.3. The number of fused-ring (bicyclic) bond motifs is 1. The summed E-state index contributed by atoms with van der Waals surface area (Å²) in [5.41, 5.74) is 2.25. The maximum Gasteiger partial charge on any atom is 0.213 e. The van der Waals surface area contributed by atoms with Crippen molar-refractivity contribution in [3.8, 4) is 11.6 Å². The minimum atomic E-state index is 0.500. The van der Waals surface area contributed by atoms with Gasteiger partial charge in [-0.25, -0.2) is 4.98 Å². The lowest BCUT2D eigenvalue weighted by Crippen LogP contribution is -2.18. The fraction of sp³-hybridized carbons (Fsp3) is 0.192. The van der Waals surface area contributed by atoms with Gasteiger partial charge in [-0.2, -0.15) is 0 Å². The van der Waals surface area contributed by atoms with Crippen LogP contribution in [0.15, 0.2) is 85.1 Å². The topological polar surface area (TPSA) is 43.4 Å². The number of halogens is 1. The zero-order valence-electron chi connectivity index (χ0n) is 17.3. The van der Waals surface area contributed by atoms with E-state index < -0.39 is 0 Å². The summed E-state index contributed by atoms with van der Waals surface area (Å²) in [7, 11) is 0. The van der Waals surface area contributed by atoms with Gasteiger partial charge in [-0.3, -0.25) is 0 Å². The van der Waals surface area contributed by atoms with Crippen molar-refractivity contribution in [3.63, 3.8) is 0 Å². The third kappa shape index (κ3) is 5.97. The second-order valence-electron chi connectivity index (χ2n) is 7.23. The van der Waals surface area contributed by atoms with E-state index in [2.05, 4.69) is 46.7 Å². The molecule has 0 radical (unpaired) electrons. The van der Waals surface area contributed by atoms with Crippen LogP contribution in [0.3, 0.4) is 0 Å². The Kier molecular flexibility index (Phi) is 7.37. The van der Waals surface area contributed by atoms with Gasteiger partial charge in [0.2, 0.25) is 5.88 Å². The molecule has 0 atom stereocenters. The van der Waals surface area contributed by atoms with Crippen molar-refractivity contribution in [2.24, 2.45) is 0 Å². The fourth-order valence-corrected chi connectivity index (χ4v) is 3.52. The lowest BCUT2D eigenvalue weighted by Gasteiger charge is -2.15. The average Bonchev–Trinajstić information content (AvgIpc) is 2.82. The predicted molar refractivity (Wildman–Crippen MR) is 126 cm³/mol. The van der Waals surface area contributed by atoms with E-state index in [4.69, 9.17) is 21.1 Å². The van der Waals surface area contributed by atoms with Crippen LogP contribution in [0.5, 0.6) is 11.6 Å². The van der Waals surface area contributed by atoms with Gasteiger partial charge in [0.15, 0.2) is 0 Å². The van der Waals surface area contributed by atoms with Crippen LogP contribution >= 0.6 is 11.6 Å². The Morgan fingerprint density at radius 3 is 2.52 bits per heavy atom. The predicted octanol–water partition coefficient (Wildman–Crippen LogP) is 6.03. The van der Waals surface area contributed by atoms with Crippen molar-refractivity contribution in [2.45, 2.75) is 19.6 Å². The molecule has 1 N–H and O–H groups in total. The molecule has 5 heteroatoms. The Morgan fingerprint density at radius 2 is 1.68 bits per heavy atom. The van der Waals surface area contributed by atoms with Gasteiger partial charge in [-0.15, -0.1) is 0 Å². The van der Waals surface area contributed by atoms with Crippen LogP contribution in [-0.2, 0) is 13.2 Å². The van der Waals surface area contributed by atoms with E-state index in [1.54, 1.807) is 6.20 Å². The highest BCUT2D eigenvalue weighted by atomic mass is 35.5. The number of nitrogens with zero attached hydrogens (tertiary/aromatic N) is 1. The van der Waals surface area contributed by atoms with Crippen molar-refractivity contribution >= 4 is 22.4 Å². The second kappa shape index (κ2) is 10.8. The van der Waals surface area contributed by atoms with Crippen molar-refractivity contribution in [2.75, 3.05) is 13.2 Å². The molecule has 0 saturated heterocycles. The SMILES string of the molecule is Clc1ccc(COc2ccc3ccccc3c2CNCCCOc2ccccn2)cc1. The number of pyridine rings is 1. The molecule has 4 rings (SSSR count). The minimum Gasteiger partial charge on any atom is -0.489 e. The molecular weight excluding hydrogens is 408 g/mol. The van der Waals surface area contributed by atoms with E-state index >= 15 is 0 Å². The molecule has 0 aliphatic rings. The van der Waals surface area contributed by atoms with Crippen LogP contribution < -0.4 is 14.8 Å². The first-order chi connectivity index (χ1) is 15.3. The summed E-state index contributed by atoms with van der Waals surface area (Å²) in [5.74, 6) is 1.56. The molecule has 0 unspecified atom stereocenters. The minimum absolute atomic E-state index is 0.500. The first kappa shape index (κ1) is 21.2. The van der Waals surface area contributed by atoms with E-state index in [1.165, 1.54) is 10.8 Å². The fourth-order valence-electron chi connectivity index (χ4n) is 3.40. The Balaban J connectivity index is 1.37. The van der Waals surface area contributed by atoms with Gasteiger partial charge < -0.3 is 14.8 Å². The summed E-state index contributed by atoms with van der Waals surface area (Å²) < 4.78 is 11.9. The van der Waals surface area contributed by atoms with Crippen molar-refractivity contribution in [1.82, 2.24) is 10.3 Å². The monoisotopic (exact) mass is 432 g/mol. The molecule has 4 nitrogen and oxygen atoms in total. The van der Waals surface area contributed by atoms with Crippen molar-refractivity contribution in [3.05, 3.63) is 101 Å². The number of aromatic nitrogens is 1. The number of hydrogen-bond acceptors (Lipinski definition) is 4. The highest BCUT2D eigenvalue weighted by molar-refractivity contribution is 6.30. The number of benzene rings is 3. The Bertz CT molecular complexity index is 1100. The lowest BCUT2D eigenvalue weighted by atomic mass is 10.0. The molecule has 1 aromatic heterocycles. The van der Waals surface area contributed by atoms with Crippen molar-refractivity contribution < 1.29 is 9.47 Å². The molecule has 4 aromatic rings. The van der Waals surface area contributed by atoms with Crippen LogP contribution in [0.2, 0.25) is 5.02 Å². The van der Waals surface area contributed by atoms with E-state index in [9.17, 15) is 0 Å². The van der Waals surface area contributed by atoms with Gasteiger partial charge in [0, 0.05) is 29.4 Å². The molecule has 0 aliphatic heterocycles. The normalized spacial score (nSPS) is 10.9. The maximum atomic E-state index is 6.19. The largest absolute Gasteiger partial charge is 0.489 e. The number of hydrogen-bond donors (Lipinski definition) is 1. The van der Waals surface area contributed by atoms with E-state index in [1.807, 2.05) is 42.5 Å². The molecule has 3 aromatic carbocycles. The number of rotatable bonds is 10. The zero-order valence-corrected chi connectivity index (χ0v) is 18.0. The first-order valence-electron chi connectivity index (χ1n) is 10.4. The van der Waals surface area contributed by atoms with Crippen LogP contribution in [0.1, 0.15) is 17.5 Å². The summed E-state index contributed by atoms with van der Waals surface area (Å²) >= 11 is 5.99. The van der Waals surface area contributed by atoms with E-state index in [0.29, 0.717) is 19.1 Å². The Hall–Kier alpha value is -3.08. The van der Waals surface area contributed by atoms with E-state index in [0.717, 1.165) is 41.4 Å². The summed E-state index contributed by atoms with van der Waals surface area (Å²) in [6.07, 6.45) is 2.63. The van der Waals surface area contributed by atoms with Gasteiger partial charge in [-0.1, -0.05) is 60.1 Å². The molecule has 31 heavy (non-hydrogen) atoms. The molecule has 158 valence electrons. The van der Waals surface area contributed by atoms with Crippen LogP contribution in [-0.4, -0.2) is 18.1 Å². The number of ether oxygens (including phenoxy) is 2. The van der Waals surface area contributed by atoms with Crippen LogP contribution in [0.4, 0.5) is 0 Å². The van der Waals surface area contributed by atoms with Crippen LogP contribution in [0.25, 0.3) is 10.8 Å². The maximum absolute atomic E-state index is 6.19. The highest BCUT2D eigenvalue weighted by Crippen LogP contribution is 2.29. The van der Waals surface area contributed by atoms with Gasteiger partial charge in [0.1, 0.15) is 12.4 Å². The molecule has 0 bridgehead atoms. The molecule has 0 saturated carbocycles. The quantitative estimate of drug-likeness (QED) is 0.311. The average molecular weight is 433 g/mol. The molecular formula is C26H25ClN2O2. The summed E-state index contributed by atoms with van der Waals surface area (Å²) in [4.78, 5) is 4.17. The van der Waals surface area contributed by atoms with Gasteiger partial charge >= 0.3 is 0 Å². The summed E-state index contributed by atoms with van der Waals surface area (Å²) in [6, 6.07) is 26.0. The first-order valence-corrected chi connectivity index (χ1v) is 10.8. The molecule has 0 fully saturated rings. The molecule has 0 spiro atoms. The smallest absolute Gasteiger partial charge is 0.213 e. The lowest BCUT2D eigenvalue weighted by molar-refractivity contribution is 0.294. The summed E-state index contributed by atoms with van der Waals surface area (Å²) in [6.45, 7) is 2.69. The van der Waals surface area contributed by atoms with Gasteiger partial charge in [0.25, 0.3) is 0 Å². The molecule has 1 heterocycles. The third-order valence-corrected chi connectivity index (χ3v) is 5.24. The standard InChI is InChI=1S/C26H25ClN2O2/c27-22-12-9-20(10-13-22)19-31-25-14-11-21-6-1-2-7-23(21)24(25)18-28-15-5-17-30-26-8-3-4-16-29-26/h1-4,6-14,16,28H,5,15,17-19H2. The van der Waals surface area contributed by atoms with Crippen molar-refractivity contribution in [1.29, 1.82) is 0 Å². The highest BCUT2D eigenvalue weighted by Gasteiger charge is 2.09. The number of nitrogens with one attached hydrogen (secondary N) is 1. The second-order valence-corrected chi connectivity index (χ2v) is 7.66.